The minimum absolute atomic E-state index is 0.0192. The van der Waals surface area contributed by atoms with Gasteiger partial charge in [-0.3, -0.25) is 9.59 Å². The zero-order chi connectivity index (χ0) is 18.9. The summed E-state index contributed by atoms with van der Waals surface area (Å²) in [6.45, 7) is 7.50. The first-order valence-electron chi connectivity index (χ1n) is 8.90. The highest BCUT2D eigenvalue weighted by atomic mass is 16.2. The van der Waals surface area contributed by atoms with Crippen LogP contribution in [0.1, 0.15) is 44.0 Å². The Morgan fingerprint density at radius 2 is 2.12 bits per heavy atom. The van der Waals surface area contributed by atoms with Crippen molar-refractivity contribution in [3.63, 3.8) is 0 Å². The van der Waals surface area contributed by atoms with E-state index in [4.69, 9.17) is 0 Å². The fourth-order valence-corrected chi connectivity index (χ4v) is 3.13. The summed E-state index contributed by atoms with van der Waals surface area (Å²) in [5.74, 6) is 0.150. The molecular formula is C18H25N5O3. The first-order valence-corrected chi connectivity index (χ1v) is 8.90. The van der Waals surface area contributed by atoms with Gasteiger partial charge in [0.2, 0.25) is 5.91 Å². The topological polar surface area (TPSA) is 99.6 Å². The van der Waals surface area contributed by atoms with Crippen molar-refractivity contribution in [2.24, 2.45) is 11.3 Å². The molecule has 140 valence electrons. The molecule has 3 rings (SSSR count). The minimum Gasteiger partial charge on any atom is -0.355 e. The van der Waals surface area contributed by atoms with Crippen molar-refractivity contribution in [2.75, 3.05) is 19.6 Å². The van der Waals surface area contributed by atoms with E-state index in [2.05, 4.69) is 15.5 Å². The highest BCUT2D eigenvalue weighted by Gasteiger charge is 2.27. The average Bonchev–Trinajstić information content (AvgIpc) is 2.99. The van der Waals surface area contributed by atoms with Crippen molar-refractivity contribution in [2.45, 2.75) is 33.6 Å². The van der Waals surface area contributed by atoms with Gasteiger partial charge < -0.3 is 10.2 Å². The van der Waals surface area contributed by atoms with Gasteiger partial charge in [-0.15, -0.1) is 0 Å². The summed E-state index contributed by atoms with van der Waals surface area (Å²) in [4.78, 5) is 38.3. The van der Waals surface area contributed by atoms with Gasteiger partial charge in [-0.05, 0) is 30.9 Å². The van der Waals surface area contributed by atoms with E-state index in [0.29, 0.717) is 30.8 Å². The highest BCUT2D eigenvalue weighted by molar-refractivity contribution is 5.94. The van der Waals surface area contributed by atoms with Gasteiger partial charge >= 0.3 is 5.69 Å². The minimum atomic E-state index is -0.419. The summed E-state index contributed by atoms with van der Waals surface area (Å²) >= 11 is 0. The smallest absolute Gasteiger partial charge is 0.347 e. The Bertz CT molecular complexity index is 877. The van der Waals surface area contributed by atoms with Crippen molar-refractivity contribution in [1.29, 1.82) is 0 Å². The number of nitrogens with one attached hydrogen (secondary N) is 2. The molecule has 8 heteroatoms. The zero-order valence-corrected chi connectivity index (χ0v) is 15.4. The van der Waals surface area contributed by atoms with Gasteiger partial charge in [-0.1, -0.05) is 20.8 Å². The van der Waals surface area contributed by atoms with Gasteiger partial charge in [-0.2, -0.15) is 5.10 Å². The molecule has 0 unspecified atom stereocenters. The Morgan fingerprint density at radius 3 is 2.85 bits per heavy atom. The van der Waals surface area contributed by atoms with Crippen LogP contribution in [-0.2, 0) is 4.79 Å². The summed E-state index contributed by atoms with van der Waals surface area (Å²) in [5.41, 5.74) is 0.154. The zero-order valence-electron chi connectivity index (χ0n) is 15.4. The fourth-order valence-electron chi connectivity index (χ4n) is 3.13. The second-order valence-electron chi connectivity index (χ2n) is 7.89. The van der Waals surface area contributed by atoms with E-state index in [1.807, 2.05) is 20.8 Å². The molecule has 26 heavy (non-hydrogen) atoms. The third-order valence-corrected chi connectivity index (χ3v) is 4.70. The number of aromatic amines is 1. The molecular weight excluding hydrogens is 334 g/mol. The van der Waals surface area contributed by atoms with Gasteiger partial charge in [0.25, 0.3) is 5.91 Å². The monoisotopic (exact) mass is 359 g/mol. The molecule has 1 saturated heterocycles. The second kappa shape index (κ2) is 6.93. The van der Waals surface area contributed by atoms with Gasteiger partial charge in [0.1, 0.15) is 0 Å². The van der Waals surface area contributed by atoms with Crippen molar-refractivity contribution in [3.05, 3.63) is 34.4 Å². The van der Waals surface area contributed by atoms with E-state index in [-0.39, 0.29) is 23.4 Å². The van der Waals surface area contributed by atoms with Crippen LogP contribution in [0.2, 0.25) is 0 Å². The number of piperidine rings is 1. The van der Waals surface area contributed by atoms with Crippen molar-refractivity contribution >= 4 is 17.5 Å². The molecule has 0 aromatic carbocycles. The van der Waals surface area contributed by atoms with Crippen LogP contribution in [0.5, 0.6) is 0 Å². The number of fused-ring (bicyclic) bond motifs is 1. The molecule has 1 aliphatic rings. The van der Waals surface area contributed by atoms with E-state index >= 15 is 0 Å². The predicted molar refractivity (Wildman–Crippen MR) is 96.9 cm³/mol. The van der Waals surface area contributed by atoms with Crippen LogP contribution in [0, 0.1) is 11.3 Å². The number of hydrogen-bond acceptors (Lipinski definition) is 4. The summed E-state index contributed by atoms with van der Waals surface area (Å²) in [5, 5.41) is 9.21. The van der Waals surface area contributed by atoms with Gasteiger partial charge in [0.15, 0.2) is 5.65 Å². The number of pyridine rings is 1. The van der Waals surface area contributed by atoms with Crippen LogP contribution in [-0.4, -0.2) is 50.9 Å². The maximum atomic E-state index is 12.8. The molecule has 1 aliphatic heterocycles. The van der Waals surface area contributed by atoms with Crippen LogP contribution in [0.3, 0.4) is 0 Å². The Labute approximate surface area is 151 Å². The number of carbonyl (C=O) groups excluding carboxylic acids is 2. The molecule has 8 nitrogen and oxygen atoms in total. The third kappa shape index (κ3) is 3.79. The number of H-pyrrole nitrogens is 1. The number of hydrogen-bond donors (Lipinski definition) is 2. The fraction of sp³-hybridized carbons (Fsp3) is 0.556. The lowest BCUT2D eigenvalue weighted by atomic mass is 9.94. The normalized spacial score (nSPS) is 18.1. The SMILES string of the molecule is CC(C)(C)C(=O)NC[C@H]1CCCN(C(=O)c2ccc3n[nH]c(=O)n3c2)C1. The number of likely N-dealkylation sites (tertiary alicyclic amines) is 1. The van der Waals surface area contributed by atoms with Crippen molar-refractivity contribution in [3.8, 4) is 0 Å². The third-order valence-electron chi connectivity index (χ3n) is 4.70. The van der Waals surface area contributed by atoms with Gasteiger partial charge in [-0.25, -0.2) is 14.3 Å². The molecule has 1 fully saturated rings. The lowest BCUT2D eigenvalue weighted by Crippen LogP contribution is -2.45. The maximum Gasteiger partial charge on any atom is 0.347 e. The van der Waals surface area contributed by atoms with Crippen LogP contribution in [0.15, 0.2) is 23.1 Å². The first kappa shape index (κ1) is 18.2. The number of aromatic nitrogens is 3. The van der Waals surface area contributed by atoms with Crippen LogP contribution >= 0.6 is 0 Å². The standard InChI is InChI=1S/C18H25N5O3/c1-18(2,3)16(25)19-9-12-5-4-8-22(10-12)15(24)13-6-7-14-20-21-17(26)23(14)11-13/h6-7,11-12H,4-5,8-10H2,1-3H3,(H,19,25)(H,21,26)/t12-/m1/s1. The van der Waals surface area contributed by atoms with E-state index in [1.54, 1.807) is 17.0 Å². The van der Waals surface area contributed by atoms with Crippen molar-refractivity contribution < 1.29 is 9.59 Å². The van der Waals surface area contributed by atoms with E-state index in [0.717, 1.165) is 12.8 Å². The van der Waals surface area contributed by atoms with E-state index in [1.165, 1.54) is 10.6 Å². The Balaban J connectivity index is 1.66. The van der Waals surface area contributed by atoms with Gasteiger partial charge in [0, 0.05) is 31.2 Å². The summed E-state index contributed by atoms with van der Waals surface area (Å²) in [7, 11) is 0. The lowest BCUT2D eigenvalue weighted by Gasteiger charge is -2.33. The number of amides is 2. The Hall–Kier alpha value is -2.64. The van der Waals surface area contributed by atoms with Crippen LogP contribution < -0.4 is 11.0 Å². The molecule has 0 radical (unpaired) electrons. The summed E-state index contributed by atoms with van der Waals surface area (Å²) in [6, 6.07) is 3.33. The maximum absolute atomic E-state index is 12.8. The predicted octanol–water partition coefficient (Wildman–Crippen LogP) is 1.04. The molecule has 1 atom stereocenters. The molecule has 0 bridgehead atoms. The number of carbonyl (C=O) groups is 2. The van der Waals surface area contributed by atoms with Crippen LogP contribution in [0.25, 0.3) is 5.65 Å². The second-order valence-corrected chi connectivity index (χ2v) is 7.89. The number of nitrogens with zero attached hydrogens (tertiary/aromatic N) is 3. The lowest BCUT2D eigenvalue weighted by molar-refractivity contribution is -0.128. The van der Waals surface area contributed by atoms with Crippen molar-refractivity contribution in [1.82, 2.24) is 24.8 Å². The summed E-state index contributed by atoms with van der Waals surface area (Å²) in [6.07, 6.45) is 3.40. The molecule has 2 N–H and O–H groups in total. The van der Waals surface area contributed by atoms with Crippen LogP contribution in [0.4, 0.5) is 0 Å². The van der Waals surface area contributed by atoms with Gasteiger partial charge in [0.05, 0.1) is 5.56 Å². The quantitative estimate of drug-likeness (QED) is 0.855. The largest absolute Gasteiger partial charge is 0.355 e. The molecule has 2 amide bonds. The Morgan fingerprint density at radius 1 is 1.35 bits per heavy atom. The molecule has 2 aromatic rings. The molecule has 0 spiro atoms. The van der Waals surface area contributed by atoms with E-state index < -0.39 is 5.41 Å². The summed E-state index contributed by atoms with van der Waals surface area (Å²) < 4.78 is 1.33. The average molecular weight is 359 g/mol. The first-order chi connectivity index (χ1) is 12.3. The molecule has 2 aromatic heterocycles. The molecule has 3 heterocycles. The highest BCUT2D eigenvalue weighted by Crippen LogP contribution is 2.19. The molecule has 0 aliphatic carbocycles. The molecule has 0 saturated carbocycles. The Kier molecular flexibility index (Phi) is 4.84. The van der Waals surface area contributed by atoms with E-state index in [9.17, 15) is 14.4 Å². The number of rotatable bonds is 3.